The molecule has 0 bridgehead atoms. The van der Waals surface area contributed by atoms with E-state index < -0.39 is 53.3 Å². The van der Waals surface area contributed by atoms with Gasteiger partial charge >= 0.3 is 30.2 Å². The lowest BCUT2D eigenvalue weighted by molar-refractivity contribution is -0.130. The summed E-state index contributed by atoms with van der Waals surface area (Å²) in [6, 6.07) is 77.2. The van der Waals surface area contributed by atoms with E-state index in [9.17, 15) is 65.9 Å². The third kappa shape index (κ3) is 34.1. The molecule has 16 amide bonds. The van der Waals surface area contributed by atoms with Crippen LogP contribution in [0.25, 0.3) is 0 Å². The molecule has 0 saturated carbocycles. The van der Waals surface area contributed by atoms with Crippen molar-refractivity contribution in [2.24, 2.45) is 0 Å². The number of piperazine rings is 1. The minimum atomic E-state index is -0.541. The molecular formula is C106H109F3N26O11. The number of pyridine rings is 5. The highest BCUT2D eigenvalue weighted by molar-refractivity contribution is 6.12. The highest BCUT2D eigenvalue weighted by Gasteiger charge is 2.28. The van der Waals surface area contributed by atoms with Gasteiger partial charge in [0.15, 0.2) is 0 Å². The summed E-state index contributed by atoms with van der Waals surface area (Å²) in [5, 5.41) is 53.0. The van der Waals surface area contributed by atoms with Crippen molar-refractivity contribution in [1.82, 2.24) is 61.3 Å². The number of nitrogens with one attached hydrogen (secondary N) is 19. The predicted molar refractivity (Wildman–Crippen MR) is 564 cm³/mol. The van der Waals surface area contributed by atoms with Crippen LogP contribution in [0, 0.1) is 24.4 Å². The summed E-state index contributed by atoms with van der Waals surface area (Å²) in [7, 11) is 0. The highest BCUT2D eigenvalue weighted by Crippen LogP contribution is 2.33. The zero-order valence-electron chi connectivity index (χ0n) is 80.6. The average molecular weight is 1980 g/mol. The van der Waals surface area contributed by atoms with E-state index in [0.717, 1.165) is 39.7 Å². The Hall–Kier alpha value is -19.3. The summed E-state index contributed by atoms with van der Waals surface area (Å²) < 4.78 is 40.4. The monoisotopic (exact) mass is 1980 g/mol. The van der Waals surface area contributed by atoms with Gasteiger partial charge in [-0.15, -0.1) is 0 Å². The molecule has 9 aromatic carbocycles. The molecule has 1 saturated heterocycles. The summed E-state index contributed by atoms with van der Waals surface area (Å²) in [5.41, 5.74) is 10.2. The summed E-state index contributed by atoms with van der Waals surface area (Å²) in [5.74, 6) is -1.79. The largest absolute Gasteiger partial charge is 0.355 e. The van der Waals surface area contributed by atoms with Crippen molar-refractivity contribution in [2.75, 3.05) is 133 Å². The number of nitrogens with zero attached hydrogens (tertiary/aromatic N) is 7. The van der Waals surface area contributed by atoms with E-state index in [1.54, 1.807) is 73.0 Å². The van der Waals surface area contributed by atoms with Crippen LogP contribution in [0.5, 0.6) is 0 Å². The van der Waals surface area contributed by atoms with Crippen molar-refractivity contribution in [1.29, 1.82) is 0 Å². The number of carbonyl (C=O) groups is 11. The highest BCUT2D eigenvalue weighted by atomic mass is 19.1. The number of aromatic nitrogens is 5. The SMILES string of the molecule is CCNC(=O)Nc1cc(Nc2ccccc2)c(C(=O)N2CCN(C(C)=O)CC2)cn1.CCNC(=O)Nc1cc(Nc2ccccc2)c(C(=O)Nc2ccc(F)cc2)cn1.CCNC(=O)Nc1cc(Nc2ccccc2)c(C(=O)Nc2cccc(F)c2)cn1.CCNC(=O)Nc1cc(Nc2ccccc2)c(C(=O)Nc2ccccc2C)cn1.CCNC(=O)Nc1cc(Nc2ccccc2)c(C(=O)Nc2ccccc2F)cn1. The zero-order chi connectivity index (χ0) is 104. The topological polar surface area (TPSA) is 487 Å². The Bertz CT molecular complexity index is 6650. The van der Waals surface area contributed by atoms with Crippen LogP contribution in [0.4, 0.5) is 146 Å². The van der Waals surface area contributed by atoms with Crippen molar-refractivity contribution in [3.63, 3.8) is 0 Å². The van der Waals surface area contributed by atoms with Crippen molar-refractivity contribution in [3.8, 4) is 0 Å². The van der Waals surface area contributed by atoms with E-state index in [-0.39, 0.29) is 69.6 Å². The maximum Gasteiger partial charge on any atom is 0.320 e. The summed E-state index contributed by atoms with van der Waals surface area (Å²) in [4.78, 5) is 159. The number of hydrogen-bond acceptors (Lipinski definition) is 21. The predicted octanol–water partition coefficient (Wildman–Crippen LogP) is 19.9. The second-order valence-electron chi connectivity index (χ2n) is 31.4. The van der Waals surface area contributed by atoms with Crippen molar-refractivity contribution >= 4 is 174 Å². The Morgan fingerprint density at radius 3 is 0.849 bits per heavy atom. The molecule has 1 aliphatic heterocycles. The molecule has 40 heteroatoms. The van der Waals surface area contributed by atoms with Gasteiger partial charge in [0.1, 0.15) is 46.5 Å². The molecule has 1 fully saturated rings. The number of anilines is 19. The lowest BCUT2D eigenvalue weighted by Crippen LogP contribution is -2.50. The molecule has 146 heavy (non-hydrogen) atoms. The molecular weight excluding hydrogens is 1870 g/mol. The van der Waals surface area contributed by atoms with Gasteiger partial charge in [0.2, 0.25) is 5.91 Å². The molecule has 15 rings (SSSR count). The quantitative estimate of drug-likeness (QED) is 0.0207. The molecule has 1 aliphatic rings. The normalized spacial score (nSPS) is 10.8. The average Bonchev–Trinajstić information content (AvgIpc) is 0.803. The fourth-order valence-electron chi connectivity index (χ4n) is 13.6. The van der Waals surface area contributed by atoms with Crippen molar-refractivity contribution in [2.45, 2.75) is 48.5 Å². The Labute approximate surface area is 839 Å². The first kappa shape index (κ1) is 107. The van der Waals surface area contributed by atoms with E-state index >= 15 is 0 Å². The minimum Gasteiger partial charge on any atom is -0.355 e. The second kappa shape index (κ2) is 55.5. The molecule has 6 heterocycles. The van der Waals surface area contributed by atoms with Crippen LogP contribution in [0.15, 0.2) is 310 Å². The first-order valence-corrected chi connectivity index (χ1v) is 46.2. The number of halogens is 3. The molecule has 0 atom stereocenters. The van der Waals surface area contributed by atoms with Gasteiger partial charge in [-0.3, -0.25) is 55.4 Å². The number of para-hydroxylation sites is 7. The minimum absolute atomic E-state index is 0.0102. The molecule has 5 aromatic heterocycles. The molecule has 0 radical (unpaired) electrons. The number of rotatable bonds is 29. The van der Waals surface area contributed by atoms with Crippen LogP contribution in [0.3, 0.4) is 0 Å². The van der Waals surface area contributed by atoms with E-state index in [2.05, 4.69) is 126 Å². The number of amides is 16. The van der Waals surface area contributed by atoms with Gasteiger partial charge in [0.25, 0.3) is 29.5 Å². The molecule has 0 unspecified atom stereocenters. The maximum absolute atomic E-state index is 13.9. The van der Waals surface area contributed by atoms with Gasteiger partial charge in [-0.05, 0) is 168 Å². The Morgan fingerprint density at radius 2 is 0.534 bits per heavy atom. The van der Waals surface area contributed by atoms with Crippen LogP contribution in [0.1, 0.15) is 98.9 Å². The Kier molecular flexibility index (Phi) is 40.7. The lowest BCUT2D eigenvalue weighted by Gasteiger charge is -2.34. The number of carbonyl (C=O) groups excluding carboxylic acids is 11. The number of aryl methyl sites for hydroxylation is 1. The summed E-state index contributed by atoms with van der Waals surface area (Å²) >= 11 is 0. The second-order valence-corrected chi connectivity index (χ2v) is 31.4. The van der Waals surface area contributed by atoms with Gasteiger partial charge < -0.3 is 84.2 Å². The fourth-order valence-corrected chi connectivity index (χ4v) is 13.6. The van der Waals surface area contributed by atoms with Crippen LogP contribution in [0.2, 0.25) is 0 Å². The third-order valence-corrected chi connectivity index (χ3v) is 20.6. The van der Waals surface area contributed by atoms with Crippen molar-refractivity contribution in [3.05, 3.63) is 361 Å². The van der Waals surface area contributed by atoms with Crippen molar-refractivity contribution < 1.29 is 65.9 Å². The van der Waals surface area contributed by atoms with Gasteiger partial charge in [-0.2, -0.15) is 0 Å². The first-order chi connectivity index (χ1) is 70.7. The molecule has 0 spiro atoms. The molecule has 19 N–H and O–H groups in total. The zero-order valence-corrected chi connectivity index (χ0v) is 80.6. The number of hydrogen-bond donors (Lipinski definition) is 19. The van der Waals surface area contributed by atoms with Crippen LogP contribution in [-0.4, -0.2) is 159 Å². The molecule has 750 valence electrons. The van der Waals surface area contributed by atoms with Gasteiger partial charge in [0.05, 0.1) is 61.9 Å². The van der Waals surface area contributed by atoms with Gasteiger partial charge in [-0.25, -0.2) is 62.1 Å². The van der Waals surface area contributed by atoms with Crippen LogP contribution in [-0.2, 0) is 4.79 Å². The van der Waals surface area contributed by atoms with Crippen LogP contribution >= 0.6 is 0 Å². The molecule has 37 nitrogen and oxygen atoms in total. The number of benzene rings is 9. The van der Waals surface area contributed by atoms with Crippen LogP contribution < -0.4 is 101 Å². The standard InChI is InChI=1S/C22H23N5O2.3C21H20FN5O2.C21H26N6O3/c1-3-23-22(29)27-20-13-19(25-16-10-5-4-6-11-16)17(14-24-20)21(28)26-18-12-8-7-9-15(18)2;1-2-23-21(29)27-19-12-18(25-15-8-4-3-5-9-15)17(13-24-19)20(28)26-16-10-6-7-14(22)11-16;1-2-23-21(29)27-19-12-18(25-14-8-4-3-5-9-14)15(13-24-19)20(28)26-17-11-7-6-10-16(17)22;1-2-23-21(29)27-19-12-18(25-15-6-4-3-5-7-15)17(13-24-19)20(28)26-16-10-8-14(22)9-11-16;1-3-22-21(30)25-19-13-18(24-16-7-5-4-6-8-16)17(14-23-19)20(29)27-11-9-26(10-12-27)15(2)28/h4-14H,3H2,1-2H3,(H,26,28)(H3,23,24,25,27,29);3*3-13H,2H2,1H3,(H,26,28)(H3,23,24,25,27,29);4-8,13-14H,3,9-12H2,1-2H3,(H3,22,23,24,25,30). The first-order valence-electron chi connectivity index (χ1n) is 46.2. The Morgan fingerprint density at radius 1 is 0.260 bits per heavy atom. The third-order valence-electron chi connectivity index (χ3n) is 20.6. The van der Waals surface area contributed by atoms with E-state index in [1.807, 2.05) is 197 Å². The number of urea groups is 5. The summed E-state index contributed by atoms with van der Waals surface area (Å²) in [6.45, 7) is 16.8. The Balaban J connectivity index is 0.000000174. The van der Waals surface area contributed by atoms with Gasteiger partial charge in [0, 0.05) is 173 Å². The smallest absolute Gasteiger partial charge is 0.320 e. The molecule has 14 aromatic rings. The molecule has 0 aliphatic carbocycles. The van der Waals surface area contributed by atoms with E-state index in [4.69, 9.17) is 0 Å². The summed E-state index contributed by atoms with van der Waals surface area (Å²) in [6.07, 6.45) is 6.95. The maximum atomic E-state index is 13.9. The van der Waals surface area contributed by atoms with E-state index in [0.29, 0.717) is 121 Å². The van der Waals surface area contributed by atoms with E-state index in [1.165, 1.54) is 98.6 Å². The van der Waals surface area contributed by atoms with Gasteiger partial charge in [-0.1, -0.05) is 127 Å². The fraction of sp³-hybridized carbons (Fsp3) is 0.151. The lowest BCUT2D eigenvalue weighted by atomic mass is 10.1.